The quantitative estimate of drug-likeness (QED) is 0.814. The van der Waals surface area contributed by atoms with Crippen LogP contribution in [0.15, 0.2) is 24.3 Å². The van der Waals surface area contributed by atoms with Crippen LogP contribution in [0.1, 0.15) is 18.1 Å². The number of hydrogen-bond acceptors (Lipinski definition) is 1. The summed E-state index contributed by atoms with van der Waals surface area (Å²) in [5.41, 5.74) is -1.37. The number of nitrogens with one attached hydrogen (secondary N) is 1. The van der Waals surface area contributed by atoms with Gasteiger partial charge in [-0.2, -0.15) is 22.0 Å². The smallest absolute Gasteiger partial charge is 0.312 e. The Balaban J connectivity index is 3.03. The molecule has 0 fully saturated rings. The minimum atomic E-state index is -4.51. The van der Waals surface area contributed by atoms with Crippen LogP contribution in [0.5, 0.6) is 0 Å². The van der Waals surface area contributed by atoms with Gasteiger partial charge in [0, 0.05) is 5.56 Å². The third kappa shape index (κ3) is 2.94. The molecule has 0 saturated carbocycles. The van der Waals surface area contributed by atoms with E-state index in [2.05, 4.69) is 5.32 Å². The molecule has 96 valence electrons. The first-order chi connectivity index (χ1) is 7.69. The summed E-state index contributed by atoms with van der Waals surface area (Å²) in [7, 11) is 1.36. The lowest BCUT2D eigenvalue weighted by Crippen LogP contribution is -2.38. The van der Waals surface area contributed by atoms with Crippen molar-refractivity contribution < 1.29 is 22.0 Å². The highest BCUT2D eigenvalue weighted by Gasteiger charge is 2.38. The second-order valence-electron chi connectivity index (χ2n) is 3.71. The third-order valence-electron chi connectivity index (χ3n) is 2.57. The summed E-state index contributed by atoms with van der Waals surface area (Å²) in [4.78, 5) is 0. The molecule has 1 unspecified atom stereocenters. The lowest BCUT2D eigenvalue weighted by Gasteiger charge is -2.23. The van der Waals surface area contributed by atoms with E-state index in [9.17, 15) is 22.0 Å². The van der Waals surface area contributed by atoms with Gasteiger partial charge >= 0.3 is 6.18 Å². The molecule has 0 aliphatic heterocycles. The maximum Gasteiger partial charge on any atom is 0.416 e. The van der Waals surface area contributed by atoms with Gasteiger partial charge in [-0.05, 0) is 26.1 Å². The zero-order valence-corrected chi connectivity index (χ0v) is 9.28. The fraction of sp³-hybridized carbons (Fsp3) is 0.455. The number of benzene rings is 1. The number of likely N-dealkylation sites (N-methyl/N-ethyl adjacent to an activating group) is 1. The molecule has 0 spiro atoms. The van der Waals surface area contributed by atoms with Gasteiger partial charge in [0.15, 0.2) is 0 Å². The van der Waals surface area contributed by atoms with Crippen LogP contribution in [0.2, 0.25) is 0 Å². The normalized spacial score (nSPS) is 14.8. The van der Waals surface area contributed by atoms with Crippen LogP contribution in [0.3, 0.4) is 0 Å². The molecule has 0 heterocycles. The fourth-order valence-electron chi connectivity index (χ4n) is 1.31. The van der Waals surface area contributed by atoms with E-state index in [1.54, 1.807) is 0 Å². The second-order valence-corrected chi connectivity index (χ2v) is 3.71. The Bertz CT molecular complexity index is 368. The van der Waals surface area contributed by atoms with Gasteiger partial charge < -0.3 is 5.32 Å². The van der Waals surface area contributed by atoms with E-state index in [0.717, 1.165) is 12.1 Å². The molecule has 0 saturated heterocycles. The molecule has 1 nitrogen and oxygen atoms in total. The average Bonchev–Trinajstić information content (AvgIpc) is 2.27. The molecule has 1 N–H and O–H groups in total. The van der Waals surface area contributed by atoms with Crippen LogP contribution in [-0.4, -0.2) is 13.1 Å². The summed E-state index contributed by atoms with van der Waals surface area (Å²) in [6, 6.07) is 1.77. The van der Waals surface area contributed by atoms with Crippen molar-refractivity contribution in [2.45, 2.75) is 25.1 Å². The Hall–Kier alpha value is -1.17. The molecular formula is C11H12F5N. The second kappa shape index (κ2) is 4.60. The maximum atomic E-state index is 13.6. The first-order valence-corrected chi connectivity index (χ1v) is 4.92. The van der Waals surface area contributed by atoms with Gasteiger partial charge in [0.25, 0.3) is 5.92 Å². The monoisotopic (exact) mass is 253 g/mol. The minimum absolute atomic E-state index is 0.438. The number of alkyl halides is 5. The third-order valence-corrected chi connectivity index (χ3v) is 2.57. The van der Waals surface area contributed by atoms with Crippen molar-refractivity contribution in [3.63, 3.8) is 0 Å². The summed E-state index contributed by atoms with van der Waals surface area (Å²) < 4.78 is 64.0. The van der Waals surface area contributed by atoms with Gasteiger partial charge in [-0.1, -0.05) is 12.1 Å². The standard InChI is InChI=1S/C11H12F5N/c1-7(17-2)10(12,13)8-3-5-9(6-4-8)11(14,15)16/h3-7,17H,1-2H3. The van der Waals surface area contributed by atoms with E-state index in [-0.39, 0.29) is 0 Å². The van der Waals surface area contributed by atoms with Gasteiger partial charge in [0.2, 0.25) is 0 Å². The highest BCUT2D eigenvalue weighted by molar-refractivity contribution is 5.28. The molecule has 1 aromatic rings. The van der Waals surface area contributed by atoms with Crippen LogP contribution >= 0.6 is 0 Å². The number of halogens is 5. The van der Waals surface area contributed by atoms with Gasteiger partial charge in [-0.3, -0.25) is 0 Å². The largest absolute Gasteiger partial charge is 0.416 e. The van der Waals surface area contributed by atoms with Crippen molar-refractivity contribution in [2.24, 2.45) is 0 Å². The Labute approximate surface area is 95.6 Å². The van der Waals surface area contributed by atoms with E-state index in [4.69, 9.17) is 0 Å². The SMILES string of the molecule is CNC(C)C(F)(F)c1ccc(C(F)(F)F)cc1. The Morgan fingerprint density at radius 1 is 0.941 bits per heavy atom. The summed E-state index contributed by atoms with van der Waals surface area (Å²) in [6.45, 7) is 1.26. The summed E-state index contributed by atoms with van der Waals surface area (Å²) in [5, 5.41) is 2.38. The molecule has 1 rings (SSSR count). The predicted molar refractivity (Wildman–Crippen MR) is 53.9 cm³/mol. The summed E-state index contributed by atoms with van der Waals surface area (Å²) >= 11 is 0. The highest BCUT2D eigenvalue weighted by atomic mass is 19.4. The Morgan fingerprint density at radius 3 is 1.71 bits per heavy atom. The molecule has 6 heteroatoms. The topological polar surface area (TPSA) is 12.0 Å². The van der Waals surface area contributed by atoms with Crippen molar-refractivity contribution in [1.82, 2.24) is 5.32 Å². The molecule has 0 amide bonds. The molecule has 0 aromatic heterocycles. The molecule has 1 aromatic carbocycles. The molecule has 0 aliphatic carbocycles. The lowest BCUT2D eigenvalue weighted by atomic mass is 10.0. The van der Waals surface area contributed by atoms with Gasteiger partial charge in [-0.15, -0.1) is 0 Å². The number of rotatable bonds is 3. The first-order valence-electron chi connectivity index (χ1n) is 4.92. The summed E-state index contributed by atoms with van der Waals surface area (Å²) in [5.74, 6) is -3.21. The fourth-order valence-corrected chi connectivity index (χ4v) is 1.31. The van der Waals surface area contributed by atoms with E-state index in [1.165, 1.54) is 14.0 Å². The Kier molecular flexibility index (Phi) is 3.76. The molecule has 1 atom stereocenters. The van der Waals surface area contributed by atoms with Crippen molar-refractivity contribution in [3.05, 3.63) is 35.4 Å². The van der Waals surface area contributed by atoms with Gasteiger partial charge in [-0.25, -0.2) is 0 Å². The molecule has 0 radical (unpaired) electrons. The van der Waals surface area contributed by atoms with Crippen molar-refractivity contribution in [3.8, 4) is 0 Å². The first kappa shape index (κ1) is 13.9. The van der Waals surface area contributed by atoms with E-state index >= 15 is 0 Å². The van der Waals surface area contributed by atoms with Crippen molar-refractivity contribution in [1.29, 1.82) is 0 Å². The van der Waals surface area contributed by atoms with Crippen LogP contribution < -0.4 is 5.32 Å². The van der Waals surface area contributed by atoms with Crippen molar-refractivity contribution in [2.75, 3.05) is 7.05 Å². The molecule has 0 aliphatic rings. The van der Waals surface area contributed by atoms with Crippen LogP contribution in [-0.2, 0) is 12.1 Å². The van der Waals surface area contributed by atoms with E-state index in [1.807, 2.05) is 0 Å². The summed E-state index contributed by atoms with van der Waals surface area (Å²) in [6.07, 6.45) is -4.51. The Morgan fingerprint density at radius 2 is 1.35 bits per heavy atom. The van der Waals surface area contributed by atoms with Crippen LogP contribution in [0.25, 0.3) is 0 Å². The maximum absolute atomic E-state index is 13.6. The van der Waals surface area contributed by atoms with Crippen LogP contribution in [0, 0.1) is 0 Å². The van der Waals surface area contributed by atoms with Gasteiger partial charge in [0.05, 0.1) is 11.6 Å². The molecular weight excluding hydrogens is 241 g/mol. The van der Waals surface area contributed by atoms with Gasteiger partial charge in [0.1, 0.15) is 0 Å². The predicted octanol–water partition coefficient (Wildman–Crippen LogP) is 3.41. The highest BCUT2D eigenvalue weighted by Crippen LogP contribution is 2.34. The van der Waals surface area contributed by atoms with E-state index in [0.29, 0.717) is 12.1 Å². The molecule has 0 bridgehead atoms. The lowest BCUT2D eigenvalue weighted by molar-refractivity contribution is -0.137. The molecule has 17 heavy (non-hydrogen) atoms. The number of hydrogen-bond donors (Lipinski definition) is 1. The minimum Gasteiger partial charge on any atom is -0.312 e. The van der Waals surface area contributed by atoms with Crippen LogP contribution in [0.4, 0.5) is 22.0 Å². The zero-order valence-electron chi connectivity index (χ0n) is 9.28. The zero-order chi connectivity index (χ0) is 13.3. The van der Waals surface area contributed by atoms with Crippen molar-refractivity contribution >= 4 is 0 Å². The van der Waals surface area contributed by atoms with E-state index < -0.39 is 29.3 Å². The average molecular weight is 253 g/mol.